The number of ether oxygens (including phenoxy) is 1. The lowest BCUT2D eigenvalue weighted by Gasteiger charge is -2.28. The first-order chi connectivity index (χ1) is 8.31. The summed E-state index contributed by atoms with van der Waals surface area (Å²) >= 11 is 0. The molecule has 0 aliphatic carbocycles. The van der Waals surface area contributed by atoms with E-state index in [1.165, 1.54) is 31.5 Å². The number of hydrogen-bond acceptors (Lipinski definition) is 3. The van der Waals surface area contributed by atoms with Crippen LogP contribution in [0, 0.1) is 5.92 Å². The van der Waals surface area contributed by atoms with Crippen molar-refractivity contribution in [1.82, 2.24) is 4.90 Å². The van der Waals surface area contributed by atoms with Crippen LogP contribution < -0.4 is 4.74 Å². The van der Waals surface area contributed by atoms with Gasteiger partial charge >= 0.3 is 0 Å². The Bertz CT molecular complexity index is 399. The van der Waals surface area contributed by atoms with Crippen molar-refractivity contribution in [2.75, 3.05) is 26.2 Å². The summed E-state index contributed by atoms with van der Waals surface area (Å²) in [6.07, 6.45) is 3.77. The lowest BCUT2D eigenvalue weighted by atomic mass is 9.96. The number of likely N-dealkylation sites (tertiary alicyclic amines) is 1. The van der Waals surface area contributed by atoms with Gasteiger partial charge in [-0.1, -0.05) is 6.07 Å². The van der Waals surface area contributed by atoms with Gasteiger partial charge in [-0.25, -0.2) is 0 Å². The molecule has 3 nitrogen and oxygen atoms in total. The van der Waals surface area contributed by atoms with Gasteiger partial charge in [0.15, 0.2) is 0 Å². The average molecular weight is 233 g/mol. The van der Waals surface area contributed by atoms with Gasteiger partial charge in [0.05, 0.1) is 6.61 Å². The van der Waals surface area contributed by atoms with Crippen LogP contribution in [-0.4, -0.2) is 36.2 Å². The Hall–Kier alpha value is -1.22. The quantitative estimate of drug-likeness (QED) is 0.848. The van der Waals surface area contributed by atoms with Crippen LogP contribution >= 0.6 is 0 Å². The molecular formula is C14H19NO2. The van der Waals surface area contributed by atoms with Crippen molar-refractivity contribution < 1.29 is 9.84 Å². The van der Waals surface area contributed by atoms with Crippen molar-refractivity contribution in [1.29, 1.82) is 0 Å². The summed E-state index contributed by atoms with van der Waals surface area (Å²) in [7, 11) is 0. The maximum Gasteiger partial charge on any atom is 0.126 e. The molecule has 2 aliphatic rings. The van der Waals surface area contributed by atoms with Gasteiger partial charge in [-0.15, -0.1) is 0 Å². The summed E-state index contributed by atoms with van der Waals surface area (Å²) in [5.41, 5.74) is 1.23. The topological polar surface area (TPSA) is 32.7 Å². The molecule has 0 radical (unpaired) electrons. The monoisotopic (exact) mass is 233 g/mol. The number of aromatic hydroxyl groups is 1. The second kappa shape index (κ2) is 4.57. The van der Waals surface area contributed by atoms with Crippen LogP contribution in [0.2, 0.25) is 0 Å². The number of benzene rings is 1. The molecule has 1 N–H and O–H groups in total. The fourth-order valence-electron chi connectivity index (χ4n) is 2.87. The van der Waals surface area contributed by atoms with Crippen molar-refractivity contribution in [2.24, 2.45) is 5.92 Å². The first-order valence-electron chi connectivity index (χ1n) is 6.48. The van der Waals surface area contributed by atoms with Crippen LogP contribution in [-0.2, 0) is 6.42 Å². The summed E-state index contributed by atoms with van der Waals surface area (Å²) < 4.78 is 5.74. The molecule has 1 aromatic carbocycles. The Morgan fingerprint density at radius 2 is 2.12 bits per heavy atom. The molecule has 1 fully saturated rings. The number of nitrogens with zero attached hydrogens (tertiary/aromatic N) is 1. The zero-order valence-corrected chi connectivity index (χ0v) is 10.1. The normalized spacial score (nSPS) is 24.4. The van der Waals surface area contributed by atoms with E-state index in [0.717, 1.165) is 25.3 Å². The maximum absolute atomic E-state index is 9.40. The Morgan fingerprint density at radius 3 is 2.94 bits per heavy atom. The van der Waals surface area contributed by atoms with Crippen molar-refractivity contribution in [3.63, 3.8) is 0 Å². The largest absolute Gasteiger partial charge is 0.508 e. The van der Waals surface area contributed by atoms with Gasteiger partial charge in [0.1, 0.15) is 11.5 Å². The molecule has 2 heterocycles. The van der Waals surface area contributed by atoms with Gasteiger partial charge in [0.2, 0.25) is 0 Å². The van der Waals surface area contributed by atoms with Gasteiger partial charge in [-0.3, -0.25) is 0 Å². The van der Waals surface area contributed by atoms with E-state index in [2.05, 4.69) is 4.90 Å². The first-order valence-corrected chi connectivity index (χ1v) is 6.48. The molecule has 0 amide bonds. The molecule has 1 atom stereocenters. The summed E-state index contributed by atoms with van der Waals surface area (Å²) in [5.74, 6) is 1.76. The molecule has 0 bridgehead atoms. The zero-order chi connectivity index (χ0) is 11.7. The van der Waals surface area contributed by atoms with Gasteiger partial charge in [0, 0.05) is 18.5 Å². The number of rotatable bonds is 2. The zero-order valence-electron chi connectivity index (χ0n) is 10.1. The molecular weight excluding hydrogens is 214 g/mol. The molecule has 3 heteroatoms. The molecule has 1 saturated heterocycles. The Morgan fingerprint density at radius 1 is 1.29 bits per heavy atom. The molecule has 92 valence electrons. The minimum atomic E-state index is 0.293. The number of hydrogen-bond donors (Lipinski definition) is 1. The van der Waals surface area contributed by atoms with E-state index < -0.39 is 0 Å². The predicted molar refractivity (Wildman–Crippen MR) is 66.5 cm³/mol. The fourth-order valence-corrected chi connectivity index (χ4v) is 2.87. The smallest absolute Gasteiger partial charge is 0.126 e. The second-order valence-corrected chi connectivity index (χ2v) is 5.18. The summed E-state index contributed by atoms with van der Waals surface area (Å²) in [5, 5.41) is 9.40. The fraction of sp³-hybridized carbons (Fsp3) is 0.571. The summed E-state index contributed by atoms with van der Waals surface area (Å²) in [6.45, 7) is 4.44. The Labute approximate surface area is 102 Å². The Kier molecular flexibility index (Phi) is 2.93. The number of fused-ring (bicyclic) bond motifs is 1. The van der Waals surface area contributed by atoms with Gasteiger partial charge in [-0.2, -0.15) is 0 Å². The van der Waals surface area contributed by atoms with Gasteiger partial charge in [-0.05, 0) is 44.0 Å². The highest BCUT2D eigenvalue weighted by molar-refractivity contribution is 5.41. The molecule has 0 aromatic heterocycles. The minimum Gasteiger partial charge on any atom is -0.508 e. The van der Waals surface area contributed by atoms with Crippen LogP contribution in [0.4, 0.5) is 0 Å². The maximum atomic E-state index is 9.40. The lowest BCUT2D eigenvalue weighted by Crippen LogP contribution is -2.33. The van der Waals surface area contributed by atoms with Crippen LogP contribution in [0.25, 0.3) is 0 Å². The van der Waals surface area contributed by atoms with E-state index in [9.17, 15) is 5.11 Å². The highest BCUT2D eigenvalue weighted by Gasteiger charge is 2.23. The molecule has 3 rings (SSSR count). The highest BCUT2D eigenvalue weighted by Crippen LogP contribution is 2.31. The van der Waals surface area contributed by atoms with Crippen molar-refractivity contribution in [3.8, 4) is 11.5 Å². The molecule has 0 spiro atoms. The summed E-state index contributed by atoms with van der Waals surface area (Å²) in [6, 6.07) is 5.46. The average Bonchev–Trinajstić information content (AvgIpc) is 2.82. The van der Waals surface area contributed by atoms with Crippen molar-refractivity contribution in [2.45, 2.75) is 19.3 Å². The predicted octanol–water partition coefficient (Wildman–Crippen LogP) is 2.04. The SMILES string of the molecule is Oc1ccc2c(c1)OCC(CN1CCCC1)C2. The van der Waals surface area contributed by atoms with Crippen molar-refractivity contribution >= 4 is 0 Å². The van der Waals surface area contributed by atoms with Gasteiger partial charge in [0.25, 0.3) is 0 Å². The standard InChI is InChI=1S/C14H19NO2/c16-13-4-3-12-7-11(10-17-14(12)8-13)9-15-5-1-2-6-15/h3-4,8,11,16H,1-2,5-7,9-10H2. The van der Waals surface area contributed by atoms with E-state index in [1.54, 1.807) is 12.1 Å². The first kappa shape index (κ1) is 10.9. The third kappa shape index (κ3) is 2.39. The van der Waals surface area contributed by atoms with Crippen LogP contribution in [0.15, 0.2) is 18.2 Å². The Balaban J connectivity index is 1.65. The molecule has 0 saturated carbocycles. The molecule has 1 unspecified atom stereocenters. The van der Waals surface area contributed by atoms with E-state index >= 15 is 0 Å². The molecule has 1 aromatic rings. The highest BCUT2D eigenvalue weighted by atomic mass is 16.5. The van der Waals surface area contributed by atoms with E-state index in [4.69, 9.17) is 4.74 Å². The number of phenols is 1. The van der Waals surface area contributed by atoms with Crippen LogP contribution in [0.3, 0.4) is 0 Å². The number of phenolic OH excluding ortho intramolecular Hbond substituents is 1. The third-order valence-electron chi connectivity index (χ3n) is 3.75. The minimum absolute atomic E-state index is 0.293. The van der Waals surface area contributed by atoms with E-state index in [1.807, 2.05) is 6.07 Å². The van der Waals surface area contributed by atoms with E-state index in [0.29, 0.717) is 11.7 Å². The third-order valence-corrected chi connectivity index (χ3v) is 3.75. The van der Waals surface area contributed by atoms with Gasteiger partial charge < -0.3 is 14.7 Å². The summed E-state index contributed by atoms with van der Waals surface area (Å²) in [4.78, 5) is 2.54. The molecule has 17 heavy (non-hydrogen) atoms. The van der Waals surface area contributed by atoms with Crippen LogP contribution in [0.5, 0.6) is 11.5 Å². The second-order valence-electron chi connectivity index (χ2n) is 5.18. The van der Waals surface area contributed by atoms with Crippen molar-refractivity contribution in [3.05, 3.63) is 23.8 Å². The lowest BCUT2D eigenvalue weighted by molar-refractivity contribution is 0.175. The van der Waals surface area contributed by atoms with E-state index in [-0.39, 0.29) is 0 Å². The molecule has 2 aliphatic heterocycles. The van der Waals surface area contributed by atoms with Crippen LogP contribution in [0.1, 0.15) is 18.4 Å².